The van der Waals surface area contributed by atoms with Crippen molar-refractivity contribution in [3.05, 3.63) is 76.4 Å². The molecule has 0 saturated carbocycles. The van der Waals surface area contributed by atoms with Gasteiger partial charge in [0.25, 0.3) is 0 Å². The van der Waals surface area contributed by atoms with Crippen molar-refractivity contribution < 1.29 is 36.2 Å². The molecule has 40 heavy (non-hydrogen) atoms. The van der Waals surface area contributed by atoms with Crippen LogP contribution in [0.2, 0.25) is 5.02 Å². The monoisotopic (exact) mass is 587 g/mol. The van der Waals surface area contributed by atoms with Crippen LogP contribution in [0.15, 0.2) is 54.7 Å². The number of nitrogens with zero attached hydrogens (tertiary/aromatic N) is 3. The summed E-state index contributed by atoms with van der Waals surface area (Å²) in [4.78, 5) is 21.1. The Morgan fingerprint density at radius 1 is 0.925 bits per heavy atom. The highest BCUT2D eigenvalue weighted by atomic mass is 35.5. The molecule has 0 fully saturated rings. The van der Waals surface area contributed by atoms with Crippen LogP contribution in [0.3, 0.4) is 0 Å². The molecular formula is C28H28ClF6N3O2. The topological polar surface area (TPSA) is 56.7 Å². The SMILES string of the molecule is CCN(CCO)c1cc(-c2ccccc2Cl)c(N(C)C(=O)C(C)(C)c2cc(C(F)(F)F)cc(C(F)(F)F)c2)cn1. The molecule has 0 spiro atoms. The average Bonchev–Trinajstić information content (AvgIpc) is 2.89. The Morgan fingerprint density at radius 3 is 1.98 bits per heavy atom. The highest BCUT2D eigenvalue weighted by Gasteiger charge is 2.41. The van der Waals surface area contributed by atoms with Crippen molar-refractivity contribution in [3.63, 3.8) is 0 Å². The molecule has 0 saturated heterocycles. The number of benzene rings is 2. The zero-order valence-corrected chi connectivity index (χ0v) is 22.9. The second-order valence-corrected chi connectivity index (χ2v) is 10.0. The number of carbonyl (C=O) groups is 1. The third kappa shape index (κ3) is 6.52. The number of hydrogen-bond acceptors (Lipinski definition) is 4. The van der Waals surface area contributed by atoms with Crippen LogP contribution in [-0.4, -0.2) is 42.7 Å². The lowest BCUT2D eigenvalue weighted by Gasteiger charge is -2.32. The lowest BCUT2D eigenvalue weighted by molar-refractivity contribution is -0.143. The van der Waals surface area contributed by atoms with Gasteiger partial charge in [0.1, 0.15) is 5.82 Å². The van der Waals surface area contributed by atoms with E-state index >= 15 is 0 Å². The maximum absolute atomic E-state index is 13.8. The van der Waals surface area contributed by atoms with Crippen LogP contribution in [0.4, 0.5) is 37.8 Å². The highest BCUT2D eigenvalue weighted by Crippen LogP contribution is 2.41. The van der Waals surface area contributed by atoms with Crippen LogP contribution < -0.4 is 9.80 Å². The predicted octanol–water partition coefficient (Wildman–Crippen LogP) is 7.20. The summed E-state index contributed by atoms with van der Waals surface area (Å²) in [6.07, 6.45) is -8.73. The molecule has 2 aromatic carbocycles. The van der Waals surface area contributed by atoms with Crippen molar-refractivity contribution in [2.45, 2.75) is 38.5 Å². The summed E-state index contributed by atoms with van der Waals surface area (Å²) in [6.45, 7) is 5.04. The number of rotatable bonds is 8. The normalized spacial score (nSPS) is 12.4. The molecule has 3 rings (SSSR count). The summed E-state index contributed by atoms with van der Waals surface area (Å²) in [5.74, 6) is -0.298. The van der Waals surface area contributed by atoms with Gasteiger partial charge in [0.2, 0.25) is 5.91 Å². The minimum Gasteiger partial charge on any atom is -0.395 e. The van der Waals surface area contributed by atoms with E-state index < -0.39 is 40.4 Å². The maximum Gasteiger partial charge on any atom is 0.416 e. The zero-order chi connectivity index (χ0) is 30.0. The van der Waals surface area contributed by atoms with E-state index in [0.29, 0.717) is 40.6 Å². The van der Waals surface area contributed by atoms with Gasteiger partial charge in [-0.15, -0.1) is 0 Å². The minimum atomic E-state index is -5.06. The molecule has 1 amide bonds. The highest BCUT2D eigenvalue weighted by molar-refractivity contribution is 6.33. The molecule has 1 N–H and O–H groups in total. The third-order valence-electron chi connectivity index (χ3n) is 6.62. The molecule has 216 valence electrons. The van der Waals surface area contributed by atoms with E-state index in [1.807, 2.05) is 6.92 Å². The van der Waals surface area contributed by atoms with Gasteiger partial charge < -0.3 is 14.9 Å². The van der Waals surface area contributed by atoms with Crippen molar-refractivity contribution in [2.75, 3.05) is 36.5 Å². The first kappa shape index (κ1) is 31.2. The number of hydrogen-bond donors (Lipinski definition) is 1. The molecule has 0 unspecified atom stereocenters. The molecule has 1 aromatic heterocycles. The van der Waals surface area contributed by atoms with E-state index in [9.17, 15) is 36.2 Å². The summed E-state index contributed by atoms with van der Waals surface area (Å²) in [6, 6.07) is 9.59. The van der Waals surface area contributed by atoms with Crippen molar-refractivity contribution in [1.82, 2.24) is 4.98 Å². The number of likely N-dealkylation sites (N-methyl/N-ethyl adjacent to an activating group) is 2. The van der Waals surface area contributed by atoms with Gasteiger partial charge >= 0.3 is 12.4 Å². The number of anilines is 2. The maximum atomic E-state index is 13.8. The van der Waals surface area contributed by atoms with Gasteiger partial charge in [0, 0.05) is 36.3 Å². The summed E-state index contributed by atoms with van der Waals surface area (Å²) in [5.41, 5.74) is -4.05. The van der Waals surface area contributed by atoms with Crippen LogP contribution in [0.5, 0.6) is 0 Å². The standard InChI is InChI=1S/C28H28ClF6N3O2/c1-5-38(10-11-39)24-15-21(20-8-6-7-9-22(20)29)23(16-36-24)37(4)25(40)26(2,3)17-12-18(27(30,31)32)14-19(13-17)28(33,34)35/h6-9,12-16,39H,5,10-11H2,1-4H3. The van der Waals surface area contributed by atoms with Gasteiger partial charge in [-0.25, -0.2) is 4.98 Å². The van der Waals surface area contributed by atoms with Gasteiger partial charge in [-0.05, 0) is 56.7 Å². The quantitative estimate of drug-likeness (QED) is 0.283. The molecule has 0 aliphatic heterocycles. The second-order valence-electron chi connectivity index (χ2n) is 9.63. The number of halogens is 7. The minimum absolute atomic E-state index is 0.0256. The van der Waals surface area contributed by atoms with E-state index in [1.54, 1.807) is 35.2 Å². The number of aromatic nitrogens is 1. The van der Waals surface area contributed by atoms with Crippen molar-refractivity contribution in [2.24, 2.45) is 0 Å². The fourth-order valence-corrected chi connectivity index (χ4v) is 4.53. The number of aliphatic hydroxyl groups excluding tert-OH is 1. The van der Waals surface area contributed by atoms with Crippen LogP contribution in [0.1, 0.15) is 37.5 Å². The molecule has 12 heteroatoms. The fourth-order valence-electron chi connectivity index (χ4n) is 4.30. The molecule has 5 nitrogen and oxygen atoms in total. The number of aliphatic hydroxyl groups is 1. The molecule has 1 heterocycles. The van der Waals surface area contributed by atoms with Crippen molar-refractivity contribution >= 4 is 29.0 Å². The van der Waals surface area contributed by atoms with Crippen LogP contribution in [-0.2, 0) is 22.6 Å². The largest absolute Gasteiger partial charge is 0.416 e. The van der Waals surface area contributed by atoms with Gasteiger partial charge in [-0.3, -0.25) is 4.79 Å². The first-order chi connectivity index (χ1) is 18.5. The van der Waals surface area contributed by atoms with Crippen LogP contribution in [0.25, 0.3) is 11.1 Å². The Kier molecular flexibility index (Phi) is 9.10. The van der Waals surface area contributed by atoms with E-state index in [4.69, 9.17) is 11.6 Å². The molecular weight excluding hydrogens is 560 g/mol. The van der Waals surface area contributed by atoms with E-state index in [-0.39, 0.29) is 24.9 Å². The number of alkyl halides is 6. The zero-order valence-electron chi connectivity index (χ0n) is 22.2. The molecule has 0 radical (unpaired) electrons. The molecule has 0 bridgehead atoms. The summed E-state index contributed by atoms with van der Waals surface area (Å²) < 4.78 is 81.1. The summed E-state index contributed by atoms with van der Waals surface area (Å²) in [7, 11) is 1.37. The third-order valence-corrected chi connectivity index (χ3v) is 6.95. The molecule has 0 aliphatic rings. The Bertz CT molecular complexity index is 1340. The summed E-state index contributed by atoms with van der Waals surface area (Å²) in [5, 5.41) is 9.77. The Labute approximate surface area is 233 Å². The smallest absolute Gasteiger partial charge is 0.395 e. The van der Waals surface area contributed by atoms with Crippen LogP contribution >= 0.6 is 11.6 Å². The molecule has 0 atom stereocenters. The second kappa shape index (κ2) is 11.7. The van der Waals surface area contributed by atoms with E-state index in [1.165, 1.54) is 27.1 Å². The molecule has 0 aliphatic carbocycles. The number of carbonyl (C=O) groups excluding carboxylic acids is 1. The number of amides is 1. The van der Waals surface area contributed by atoms with Crippen molar-refractivity contribution in [3.8, 4) is 11.1 Å². The van der Waals surface area contributed by atoms with Gasteiger partial charge in [-0.2, -0.15) is 26.3 Å². The first-order valence-corrected chi connectivity index (χ1v) is 12.6. The van der Waals surface area contributed by atoms with Gasteiger partial charge in [0.05, 0.1) is 35.0 Å². The van der Waals surface area contributed by atoms with E-state index in [2.05, 4.69) is 4.98 Å². The van der Waals surface area contributed by atoms with Crippen molar-refractivity contribution in [1.29, 1.82) is 0 Å². The van der Waals surface area contributed by atoms with Gasteiger partial charge in [0.15, 0.2) is 0 Å². The lowest BCUT2D eigenvalue weighted by Crippen LogP contribution is -2.42. The average molecular weight is 588 g/mol. The number of pyridine rings is 1. The van der Waals surface area contributed by atoms with Crippen LogP contribution in [0, 0.1) is 0 Å². The fraction of sp³-hybridized carbons (Fsp3) is 0.357. The Morgan fingerprint density at radius 2 is 1.48 bits per heavy atom. The lowest BCUT2D eigenvalue weighted by atomic mass is 9.81. The predicted molar refractivity (Wildman–Crippen MR) is 143 cm³/mol. The first-order valence-electron chi connectivity index (χ1n) is 12.2. The Hall–Kier alpha value is -3.31. The van der Waals surface area contributed by atoms with Gasteiger partial charge in [-0.1, -0.05) is 29.8 Å². The summed E-state index contributed by atoms with van der Waals surface area (Å²) >= 11 is 6.46. The molecule has 3 aromatic rings. The Balaban J connectivity index is 2.17. The van der Waals surface area contributed by atoms with E-state index in [0.717, 1.165) is 4.90 Å².